The van der Waals surface area contributed by atoms with E-state index < -0.39 is 0 Å². The van der Waals surface area contributed by atoms with Crippen LogP contribution in [0.4, 0.5) is 11.8 Å². The van der Waals surface area contributed by atoms with Crippen LogP contribution in [0, 0.1) is 13.8 Å². The van der Waals surface area contributed by atoms with Gasteiger partial charge >= 0.3 is 0 Å². The summed E-state index contributed by atoms with van der Waals surface area (Å²) in [6, 6.07) is -0.294. The minimum atomic E-state index is -0.270. The molecule has 7 nitrogen and oxygen atoms in total. The van der Waals surface area contributed by atoms with Gasteiger partial charge in [0.05, 0.1) is 0 Å². The van der Waals surface area contributed by atoms with Crippen molar-refractivity contribution in [2.45, 2.75) is 32.4 Å². The molecule has 1 amide bonds. The van der Waals surface area contributed by atoms with Gasteiger partial charge in [0.1, 0.15) is 11.9 Å². The molecular formula is C14H24N6O. The number of hydrogen-bond donors (Lipinski definition) is 2. The zero-order chi connectivity index (χ0) is 15.7. The largest absolute Gasteiger partial charge is 0.357 e. The van der Waals surface area contributed by atoms with E-state index >= 15 is 0 Å². The molecule has 0 unspecified atom stereocenters. The third-order valence-electron chi connectivity index (χ3n) is 3.91. The second kappa shape index (κ2) is 5.85. The third-order valence-corrected chi connectivity index (χ3v) is 3.91. The number of aromatic nitrogens is 2. The highest BCUT2D eigenvalue weighted by molar-refractivity contribution is 5.85. The van der Waals surface area contributed by atoms with Crippen LogP contribution < -0.4 is 20.9 Å². The van der Waals surface area contributed by atoms with Gasteiger partial charge in [-0.2, -0.15) is 4.98 Å². The van der Waals surface area contributed by atoms with Crippen molar-refractivity contribution in [3.05, 3.63) is 11.3 Å². The summed E-state index contributed by atoms with van der Waals surface area (Å²) in [5.74, 6) is 1.42. The van der Waals surface area contributed by atoms with Gasteiger partial charge < -0.3 is 20.9 Å². The summed E-state index contributed by atoms with van der Waals surface area (Å²) in [5.41, 5.74) is 7.96. The van der Waals surface area contributed by atoms with Crippen LogP contribution in [0.1, 0.15) is 17.7 Å². The van der Waals surface area contributed by atoms with Crippen LogP contribution >= 0.6 is 0 Å². The van der Waals surface area contributed by atoms with Gasteiger partial charge in [-0.3, -0.25) is 4.79 Å². The monoisotopic (exact) mass is 292 g/mol. The van der Waals surface area contributed by atoms with E-state index in [-0.39, 0.29) is 18.0 Å². The zero-order valence-corrected chi connectivity index (χ0v) is 13.3. The minimum Gasteiger partial charge on any atom is -0.357 e. The Morgan fingerprint density at radius 2 is 2.05 bits per heavy atom. The van der Waals surface area contributed by atoms with E-state index in [1.54, 1.807) is 7.05 Å². The Balaban J connectivity index is 2.46. The summed E-state index contributed by atoms with van der Waals surface area (Å²) in [6.07, 6.45) is 0.638. The van der Waals surface area contributed by atoms with Gasteiger partial charge in [0.2, 0.25) is 11.9 Å². The molecule has 1 aromatic heterocycles. The average Bonchev–Trinajstić information content (AvgIpc) is 2.82. The first kappa shape index (κ1) is 15.5. The zero-order valence-electron chi connectivity index (χ0n) is 13.3. The van der Waals surface area contributed by atoms with Crippen molar-refractivity contribution in [3.63, 3.8) is 0 Å². The van der Waals surface area contributed by atoms with E-state index in [2.05, 4.69) is 15.3 Å². The number of anilines is 2. The van der Waals surface area contributed by atoms with Gasteiger partial charge in [-0.05, 0) is 20.3 Å². The third kappa shape index (κ3) is 2.92. The van der Waals surface area contributed by atoms with E-state index in [0.717, 1.165) is 17.1 Å². The highest BCUT2D eigenvalue weighted by Gasteiger charge is 2.36. The van der Waals surface area contributed by atoms with Crippen molar-refractivity contribution in [3.8, 4) is 0 Å². The van der Waals surface area contributed by atoms with Crippen LogP contribution in [-0.2, 0) is 4.79 Å². The molecule has 2 rings (SSSR count). The lowest BCUT2D eigenvalue weighted by atomic mass is 10.1. The topological polar surface area (TPSA) is 87.4 Å². The maximum atomic E-state index is 12.1. The maximum Gasteiger partial charge on any atom is 0.242 e. The Morgan fingerprint density at radius 1 is 1.38 bits per heavy atom. The molecule has 2 heterocycles. The van der Waals surface area contributed by atoms with Crippen LogP contribution in [0.25, 0.3) is 0 Å². The second-order valence-electron chi connectivity index (χ2n) is 5.73. The number of carbonyl (C=O) groups excluding carboxylic acids is 1. The molecule has 7 heteroatoms. The van der Waals surface area contributed by atoms with E-state index in [1.807, 2.05) is 37.7 Å². The Bertz CT molecular complexity index is 545. The molecule has 2 atom stereocenters. The molecular weight excluding hydrogens is 268 g/mol. The number of nitrogens with two attached hydrogens (primary N) is 1. The van der Waals surface area contributed by atoms with E-state index in [1.165, 1.54) is 0 Å². The number of amides is 1. The molecule has 116 valence electrons. The smallest absolute Gasteiger partial charge is 0.242 e. The number of aryl methyl sites for hydroxylation is 1. The molecule has 0 saturated carbocycles. The molecule has 21 heavy (non-hydrogen) atoms. The first-order chi connectivity index (χ1) is 9.85. The van der Waals surface area contributed by atoms with Crippen molar-refractivity contribution in [1.29, 1.82) is 0 Å². The number of nitrogens with one attached hydrogen (secondary N) is 1. The first-order valence-corrected chi connectivity index (χ1v) is 7.11. The van der Waals surface area contributed by atoms with E-state index in [4.69, 9.17) is 5.73 Å². The van der Waals surface area contributed by atoms with Crippen LogP contribution in [0.3, 0.4) is 0 Å². The van der Waals surface area contributed by atoms with E-state index in [9.17, 15) is 4.79 Å². The summed E-state index contributed by atoms with van der Waals surface area (Å²) in [6.45, 7) is 4.57. The predicted molar refractivity (Wildman–Crippen MR) is 83.6 cm³/mol. The van der Waals surface area contributed by atoms with Crippen molar-refractivity contribution in [2.75, 3.05) is 37.5 Å². The van der Waals surface area contributed by atoms with Crippen molar-refractivity contribution >= 4 is 17.7 Å². The quantitative estimate of drug-likeness (QED) is 0.803. The van der Waals surface area contributed by atoms with Gasteiger partial charge in [-0.15, -0.1) is 0 Å². The first-order valence-electron chi connectivity index (χ1n) is 7.11. The molecule has 1 aromatic rings. The number of likely N-dealkylation sites (N-methyl/N-ethyl adjacent to an activating group) is 1. The summed E-state index contributed by atoms with van der Waals surface area (Å²) < 4.78 is 0. The Kier molecular flexibility index (Phi) is 4.32. The average molecular weight is 292 g/mol. The molecule has 3 N–H and O–H groups in total. The number of nitrogens with zero attached hydrogens (tertiary/aromatic N) is 4. The van der Waals surface area contributed by atoms with Gasteiger partial charge in [0, 0.05) is 45.0 Å². The lowest BCUT2D eigenvalue weighted by Gasteiger charge is -2.27. The lowest BCUT2D eigenvalue weighted by molar-refractivity contribution is -0.121. The molecule has 0 aliphatic carbocycles. The molecule has 0 spiro atoms. The van der Waals surface area contributed by atoms with Crippen molar-refractivity contribution in [1.82, 2.24) is 15.3 Å². The van der Waals surface area contributed by atoms with Gasteiger partial charge in [-0.25, -0.2) is 4.98 Å². The number of carbonyl (C=O) groups is 1. The molecule has 0 radical (unpaired) electrons. The van der Waals surface area contributed by atoms with Crippen LogP contribution in [-0.4, -0.2) is 55.6 Å². The summed E-state index contributed by atoms with van der Waals surface area (Å²) in [7, 11) is 5.45. The Labute approximate surface area is 125 Å². The SMILES string of the molecule is CNC(=O)[C@@H]1C[C@@H](N)CN1c1nc(N(C)C)nc(C)c1C. The summed E-state index contributed by atoms with van der Waals surface area (Å²) in [4.78, 5) is 25.0. The molecule has 1 fully saturated rings. The van der Waals surface area contributed by atoms with Gasteiger partial charge in [0.15, 0.2) is 0 Å². The predicted octanol–water partition coefficient (Wildman–Crippen LogP) is -0.189. The number of rotatable bonds is 3. The maximum absolute atomic E-state index is 12.1. The Morgan fingerprint density at radius 3 is 2.62 bits per heavy atom. The van der Waals surface area contributed by atoms with Crippen molar-refractivity contribution in [2.24, 2.45) is 5.73 Å². The lowest BCUT2D eigenvalue weighted by Crippen LogP contribution is -2.43. The molecule has 0 bridgehead atoms. The molecule has 0 aromatic carbocycles. The fourth-order valence-corrected chi connectivity index (χ4v) is 2.60. The highest BCUT2D eigenvalue weighted by Crippen LogP contribution is 2.29. The van der Waals surface area contributed by atoms with Gasteiger partial charge in [0.25, 0.3) is 0 Å². The molecule has 1 saturated heterocycles. The minimum absolute atomic E-state index is 0.0231. The van der Waals surface area contributed by atoms with Crippen LogP contribution in [0.2, 0.25) is 0 Å². The standard InChI is InChI=1S/C14H24N6O/c1-8-9(2)17-14(19(4)5)18-12(8)20-7-10(15)6-11(20)13(21)16-3/h10-11H,6-7,15H2,1-5H3,(H,16,21)/t10-,11+/m1/s1. The highest BCUT2D eigenvalue weighted by atomic mass is 16.2. The second-order valence-corrected chi connectivity index (χ2v) is 5.73. The normalized spacial score (nSPS) is 21.5. The fourth-order valence-electron chi connectivity index (χ4n) is 2.60. The molecule has 1 aliphatic heterocycles. The van der Waals surface area contributed by atoms with E-state index in [0.29, 0.717) is 18.9 Å². The number of hydrogen-bond acceptors (Lipinski definition) is 6. The fraction of sp³-hybridized carbons (Fsp3) is 0.643. The summed E-state index contributed by atoms with van der Waals surface area (Å²) >= 11 is 0. The van der Waals surface area contributed by atoms with Gasteiger partial charge in [-0.1, -0.05) is 0 Å². The molecule has 1 aliphatic rings. The summed E-state index contributed by atoms with van der Waals surface area (Å²) in [5, 5.41) is 2.71. The van der Waals surface area contributed by atoms with Crippen LogP contribution in [0.15, 0.2) is 0 Å². The Hall–Kier alpha value is -1.89. The van der Waals surface area contributed by atoms with Crippen LogP contribution in [0.5, 0.6) is 0 Å². The van der Waals surface area contributed by atoms with Crippen molar-refractivity contribution < 1.29 is 4.79 Å².